The molecule has 3 rings (SSSR count). The standard InChI is InChI=1S/C14H10S/c1-9-5-3-7-11-13(9)14-10(2)6-4-8-12(14)15-11/h3-8H,1-2H2. The van der Waals surface area contributed by atoms with E-state index in [-0.39, 0.29) is 0 Å². The van der Waals surface area contributed by atoms with Gasteiger partial charge in [-0.3, -0.25) is 0 Å². The van der Waals surface area contributed by atoms with Crippen LogP contribution in [0.25, 0.3) is 33.3 Å². The van der Waals surface area contributed by atoms with Crippen LogP contribution in [-0.4, -0.2) is 0 Å². The van der Waals surface area contributed by atoms with Crippen molar-refractivity contribution in [2.45, 2.75) is 0 Å². The third-order valence-corrected chi connectivity index (χ3v) is 3.82. The molecule has 72 valence electrons. The van der Waals surface area contributed by atoms with E-state index in [1.807, 2.05) is 11.3 Å². The molecule has 0 saturated carbocycles. The molecule has 1 heteroatoms. The van der Waals surface area contributed by atoms with Crippen molar-refractivity contribution in [3.05, 3.63) is 46.8 Å². The minimum atomic E-state index is 1.09. The van der Waals surface area contributed by atoms with Crippen molar-refractivity contribution in [2.75, 3.05) is 0 Å². The summed E-state index contributed by atoms with van der Waals surface area (Å²) in [5, 5.41) is 4.72. The maximum Gasteiger partial charge on any atom is 0.0361 e. The molecule has 0 spiro atoms. The first-order valence-electron chi connectivity index (χ1n) is 4.85. The molecular formula is C14H10S. The second kappa shape index (κ2) is 2.94. The highest BCUT2D eigenvalue weighted by molar-refractivity contribution is 7.25. The minimum absolute atomic E-state index is 1.09. The van der Waals surface area contributed by atoms with Gasteiger partial charge in [0.15, 0.2) is 0 Å². The SMILES string of the molecule is C=c1cccc2sc3cccc(=C)c3c12. The van der Waals surface area contributed by atoms with Gasteiger partial charge in [0.1, 0.15) is 0 Å². The lowest BCUT2D eigenvalue weighted by atomic mass is 10.1. The number of benzene rings is 2. The maximum absolute atomic E-state index is 4.09. The lowest BCUT2D eigenvalue weighted by Gasteiger charge is -1.92. The van der Waals surface area contributed by atoms with E-state index in [4.69, 9.17) is 0 Å². The first kappa shape index (κ1) is 8.69. The fourth-order valence-electron chi connectivity index (χ4n) is 2.01. The smallest absolute Gasteiger partial charge is 0.0361 e. The van der Waals surface area contributed by atoms with Gasteiger partial charge >= 0.3 is 0 Å². The minimum Gasteiger partial charge on any atom is -0.135 e. The van der Waals surface area contributed by atoms with E-state index in [0.29, 0.717) is 0 Å². The molecule has 0 nitrogen and oxygen atoms in total. The van der Waals surface area contributed by atoms with E-state index in [2.05, 4.69) is 49.6 Å². The summed E-state index contributed by atoms with van der Waals surface area (Å²) < 4.78 is 2.60. The van der Waals surface area contributed by atoms with Gasteiger partial charge in [-0.25, -0.2) is 0 Å². The second-order valence-corrected chi connectivity index (χ2v) is 4.77. The summed E-state index contributed by atoms with van der Waals surface area (Å²) >= 11 is 1.81. The molecule has 0 aliphatic rings. The number of hydrogen-bond acceptors (Lipinski definition) is 1. The van der Waals surface area contributed by atoms with Gasteiger partial charge in [-0.1, -0.05) is 37.4 Å². The molecule has 0 radical (unpaired) electrons. The van der Waals surface area contributed by atoms with Crippen LogP contribution < -0.4 is 10.4 Å². The Morgan fingerprint density at radius 3 is 1.67 bits per heavy atom. The van der Waals surface area contributed by atoms with Gasteiger partial charge in [0.2, 0.25) is 0 Å². The van der Waals surface area contributed by atoms with Crippen molar-refractivity contribution in [1.82, 2.24) is 0 Å². The average Bonchev–Trinajstić information content (AvgIpc) is 2.58. The van der Waals surface area contributed by atoms with E-state index in [1.165, 1.54) is 20.2 Å². The number of rotatable bonds is 0. The first-order valence-corrected chi connectivity index (χ1v) is 5.67. The highest BCUT2D eigenvalue weighted by Crippen LogP contribution is 2.28. The molecule has 1 aromatic heterocycles. The normalized spacial score (nSPS) is 11.2. The predicted octanol–water partition coefficient (Wildman–Crippen LogP) is 2.88. The van der Waals surface area contributed by atoms with Crippen LogP contribution in [-0.2, 0) is 0 Å². The fraction of sp³-hybridized carbons (Fsp3) is 0. The van der Waals surface area contributed by atoms with Crippen molar-refractivity contribution in [1.29, 1.82) is 0 Å². The molecule has 0 amide bonds. The van der Waals surface area contributed by atoms with Crippen LogP contribution in [0.2, 0.25) is 0 Å². The van der Waals surface area contributed by atoms with Crippen LogP contribution in [0.5, 0.6) is 0 Å². The topological polar surface area (TPSA) is 0 Å². The molecule has 0 aliphatic carbocycles. The Morgan fingerprint density at radius 2 is 1.20 bits per heavy atom. The number of thiophene rings is 1. The Bertz CT molecular complexity index is 686. The zero-order valence-electron chi connectivity index (χ0n) is 8.29. The lowest BCUT2D eigenvalue weighted by molar-refractivity contribution is 1.73. The van der Waals surface area contributed by atoms with Gasteiger partial charge in [-0.2, -0.15) is 0 Å². The molecule has 2 aromatic carbocycles. The molecule has 0 bridgehead atoms. The summed E-state index contributed by atoms with van der Waals surface area (Å²) in [5.74, 6) is 0. The molecule has 0 aliphatic heterocycles. The zero-order valence-corrected chi connectivity index (χ0v) is 9.10. The summed E-state index contributed by atoms with van der Waals surface area (Å²) in [6, 6.07) is 12.5. The molecule has 0 N–H and O–H groups in total. The van der Waals surface area contributed by atoms with E-state index >= 15 is 0 Å². The van der Waals surface area contributed by atoms with Crippen LogP contribution in [0.4, 0.5) is 0 Å². The molecule has 15 heavy (non-hydrogen) atoms. The van der Waals surface area contributed by atoms with Crippen molar-refractivity contribution in [3.63, 3.8) is 0 Å². The van der Waals surface area contributed by atoms with Crippen molar-refractivity contribution in [2.24, 2.45) is 0 Å². The largest absolute Gasteiger partial charge is 0.135 e. The van der Waals surface area contributed by atoms with Crippen LogP contribution in [0, 0.1) is 0 Å². The zero-order chi connectivity index (χ0) is 10.4. The van der Waals surface area contributed by atoms with Gasteiger partial charge in [-0.05, 0) is 22.6 Å². The molecule has 0 fully saturated rings. The number of fused-ring (bicyclic) bond motifs is 3. The Labute approximate surface area is 91.8 Å². The van der Waals surface area contributed by atoms with Crippen LogP contribution in [0.1, 0.15) is 0 Å². The average molecular weight is 210 g/mol. The van der Waals surface area contributed by atoms with E-state index in [1.54, 1.807) is 0 Å². The molecule has 0 unspecified atom stereocenters. The van der Waals surface area contributed by atoms with Gasteiger partial charge in [0, 0.05) is 20.2 Å². The van der Waals surface area contributed by atoms with E-state index in [0.717, 1.165) is 10.4 Å². The van der Waals surface area contributed by atoms with Gasteiger partial charge in [0.25, 0.3) is 0 Å². The molecule has 3 aromatic rings. The van der Waals surface area contributed by atoms with Crippen molar-refractivity contribution < 1.29 is 0 Å². The summed E-state index contributed by atoms with van der Waals surface area (Å²) in [4.78, 5) is 0. The Kier molecular flexibility index (Phi) is 1.70. The fourth-order valence-corrected chi connectivity index (χ4v) is 3.21. The Hall–Kier alpha value is -1.60. The molecule has 0 saturated heterocycles. The second-order valence-electron chi connectivity index (χ2n) is 3.68. The first-order chi connectivity index (χ1) is 7.27. The van der Waals surface area contributed by atoms with Gasteiger partial charge in [-0.15, -0.1) is 11.3 Å². The third-order valence-electron chi connectivity index (χ3n) is 2.69. The number of hydrogen-bond donors (Lipinski definition) is 0. The van der Waals surface area contributed by atoms with Crippen LogP contribution >= 0.6 is 11.3 Å². The summed E-state index contributed by atoms with van der Waals surface area (Å²) in [6.45, 7) is 8.18. The van der Waals surface area contributed by atoms with Gasteiger partial charge in [0.05, 0.1) is 0 Å². The van der Waals surface area contributed by atoms with Gasteiger partial charge < -0.3 is 0 Å². The lowest BCUT2D eigenvalue weighted by Crippen LogP contribution is -2.02. The molecule has 0 atom stereocenters. The maximum atomic E-state index is 4.09. The highest BCUT2D eigenvalue weighted by atomic mass is 32.1. The quantitative estimate of drug-likeness (QED) is 0.535. The van der Waals surface area contributed by atoms with E-state index < -0.39 is 0 Å². The highest BCUT2D eigenvalue weighted by Gasteiger charge is 2.04. The van der Waals surface area contributed by atoms with Crippen LogP contribution in [0.3, 0.4) is 0 Å². The van der Waals surface area contributed by atoms with Crippen LogP contribution in [0.15, 0.2) is 36.4 Å². The third kappa shape index (κ3) is 1.13. The van der Waals surface area contributed by atoms with Crippen molar-refractivity contribution >= 4 is 44.7 Å². The summed E-state index contributed by atoms with van der Waals surface area (Å²) in [7, 11) is 0. The molecular weight excluding hydrogens is 200 g/mol. The Morgan fingerprint density at radius 1 is 0.733 bits per heavy atom. The monoisotopic (exact) mass is 210 g/mol. The summed E-state index contributed by atoms with van der Waals surface area (Å²) in [5.41, 5.74) is 0. The molecule has 1 heterocycles. The summed E-state index contributed by atoms with van der Waals surface area (Å²) in [6.07, 6.45) is 0. The predicted molar refractivity (Wildman–Crippen MR) is 69.6 cm³/mol. The Balaban J connectivity index is 2.81. The van der Waals surface area contributed by atoms with Crippen molar-refractivity contribution in [3.8, 4) is 0 Å². The van der Waals surface area contributed by atoms with E-state index in [9.17, 15) is 0 Å².